The minimum Gasteiger partial charge on any atom is -0.497 e. The Morgan fingerprint density at radius 2 is 1.78 bits per heavy atom. The van der Waals surface area contributed by atoms with E-state index in [0.29, 0.717) is 43.8 Å². The number of carbonyl (C=O) groups is 3. The molecule has 0 spiro atoms. The Kier molecular flexibility index (Phi) is 8.25. The Hall–Kier alpha value is -3.35. The number of hydrogen-bond acceptors (Lipinski definition) is 4. The van der Waals surface area contributed by atoms with Crippen molar-refractivity contribution >= 4 is 23.4 Å². The van der Waals surface area contributed by atoms with Crippen molar-refractivity contribution in [2.45, 2.75) is 25.7 Å². The Labute approximate surface area is 189 Å². The van der Waals surface area contributed by atoms with E-state index in [1.54, 1.807) is 38.4 Å². The average molecular weight is 438 g/mol. The van der Waals surface area contributed by atoms with Gasteiger partial charge in [-0.1, -0.05) is 36.4 Å². The lowest BCUT2D eigenvalue weighted by Crippen LogP contribution is -2.45. The summed E-state index contributed by atoms with van der Waals surface area (Å²) in [6.07, 6.45) is 2.45. The number of likely N-dealkylation sites (N-methyl/N-ethyl adjacent to an activating group) is 1. The van der Waals surface area contributed by atoms with Gasteiger partial charge in [0.1, 0.15) is 5.75 Å². The van der Waals surface area contributed by atoms with Gasteiger partial charge in [-0.2, -0.15) is 0 Å². The van der Waals surface area contributed by atoms with Gasteiger partial charge in [-0.25, -0.2) is 0 Å². The molecule has 2 aromatic carbocycles. The Bertz CT molecular complexity index is 924. The summed E-state index contributed by atoms with van der Waals surface area (Å²) in [7, 11) is 3.21. The lowest BCUT2D eigenvalue weighted by atomic mass is 9.95. The first kappa shape index (κ1) is 23.3. The van der Waals surface area contributed by atoms with Gasteiger partial charge in [0, 0.05) is 44.2 Å². The van der Waals surface area contributed by atoms with Crippen molar-refractivity contribution in [3.63, 3.8) is 0 Å². The van der Waals surface area contributed by atoms with Crippen molar-refractivity contribution in [2.75, 3.05) is 39.1 Å². The zero-order valence-corrected chi connectivity index (χ0v) is 18.8. The minimum absolute atomic E-state index is 0.0216. The quantitative estimate of drug-likeness (QED) is 0.689. The van der Waals surface area contributed by atoms with E-state index in [0.717, 1.165) is 12.0 Å². The average Bonchev–Trinajstić information content (AvgIpc) is 2.82. The smallest absolute Gasteiger partial charge is 0.243 e. The lowest BCUT2D eigenvalue weighted by Gasteiger charge is -2.33. The molecule has 0 atom stereocenters. The first-order valence-corrected chi connectivity index (χ1v) is 11.0. The number of aryl methyl sites for hydroxylation is 1. The third kappa shape index (κ3) is 6.57. The van der Waals surface area contributed by atoms with Gasteiger partial charge in [-0.05, 0) is 37.0 Å². The monoisotopic (exact) mass is 437 g/mol. The molecule has 32 heavy (non-hydrogen) atoms. The second-order valence-electron chi connectivity index (χ2n) is 8.12. The fourth-order valence-corrected chi connectivity index (χ4v) is 3.94. The molecule has 0 radical (unpaired) electrons. The fraction of sp³-hybridized carbons (Fsp3) is 0.400. The molecule has 7 heteroatoms. The third-order valence-corrected chi connectivity index (χ3v) is 5.78. The summed E-state index contributed by atoms with van der Waals surface area (Å²) in [6.45, 7) is 1.13. The predicted molar refractivity (Wildman–Crippen MR) is 123 cm³/mol. The fourth-order valence-electron chi connectivity index (χ4n) is 3.94. The van der Waals surface area contributed by atoms with E-state index < -0.39 is 0 Å². The van der Waals surface area contributed by atoms with Gasteiger partial charge < -0.3 is 19.9 Å². The van der Waals surface area contributed by atoms with E-state index >= 15 is 0 Å². The summed E-state index contributed by atoms with van der Waals surface area (Å²) in [5, 5.41) is 2.79. The highest BCUT2D eigenvalue weighted by Crippen LogP contribution is 2.21. The van der Waals surface area contributed by atoms with Crippen molar-refractivity contribution in [2.24, 2.45) is 5.92 Å². The predicted octanol–water partition coefficient (Wildman–Crippen LogP) is 2.96. The van der Waals surface area contributed by atoms with E-state index in [-0.39, 0.29) is 30.2 Å². The number of carbonyl (C=O) groups excluding carboxylic acids is 3. The molecule has 170 valence electrons. The van der Waals surface area contributed by atoms with E-state index in [4.69, 9.17) is 4.74 Å². The first-order valence-electron chi connectivity index (χ1n) is 11.0. The molecule has 3 amide bonds. The number of anilines is 1. The van der Waals surface area contributed by atoms with Crippen LogP contribution in [-0.4, -0.2) is 61.3 Å². The number of nitrogens with zero attached hydrogens (tertiary/aromatic N) is 2. The number of nitrogens with one attached hydrogen (secondary N) is 1. The van der Waals surface area contributed by atoms with Crippen LogP contribution in [0.15, 0.2) is 54.6 Å². The molecule has 1 aliphatic heterocycles. The molecule has 2 aromatic rings. The summed E-state index contributed by atoms with van der Waals surface area (Å²) >= 11 is 0. The van der Waals surface area contributed by atoms with Gasteiger partial charge >= 0.3 is 0 Å². The molecule has 1 saturated heterocycles. The highest BCUT2D eigenvalue weighted by Gasteiger charge is 2.29. The molecule has 7 nitrogen and oxygen atoms in total. The minimum atomic E-state index is -0.261. The Balaban J connectivity index is 1.41. The van der Waals surface area contributed by atoms with E-state index in [2.05, 4.69) is 5.32 Å². The van der Waals surface area contributed by atoms with Gasteiger partial charge in [0.2, 0.25) is 17.7 Å². The van der Waals surface area contributed by atoms with E-state index in [9.17, 15) is 14.4 Å². The van der Waals surface area contributed by atoms with Gasteiger partial charge in [0.05, 0.1) is 13.7 Å². The van der Waals surface area contributed by atoms with Crippen LogP contribution < -0.4 is 10.1 Å². The van der Waals surface area contributed by atoms with Crippen LogP contribution in [0.1, 0.15) is 24.8 Å². The van der Waals surface area contributed by atoms with Crippen LogP contribution in [0.5, 0.6) is 5.75 Å². The molecule has 0 unspecified atom stereocenters. The number of rotatable bonds is 8. The summed E-state index contributed by atoms with van der Waals surface area (Å²) in [6, 6.07) is 17.1. The largest absolute Gasteiger partial charge is 0.497 e. The molecule has 1 heterocycles. The van der Waals surface area contributed by atoms with Crippen LogP contribution in [-0.2, 0) is 20.8 Å². The summed E-state index contributed by atoms with van der Waals surface area (Å²) in [5.41, 5.74) is 1.78. The van der Waals surface area contributed by atoms with Crippen LogP contribution in [0.4, 0.5) is 5.69 Å². The zero-order valence-electron chi connectivity index (χ0n) is 18.8. The molecule has 1 N–H and O–H groups in total. The Morgan fingerprint density at radius 1 is 1.06 bits per heavy atom. The van der Waals surface area contributed by atoms with Crippen molar-refractivity contribution in [1.29, 1.82) is 0 Å². The van der Waals surface area contributed by atoms with Crippen LogP contribution in [0.3, 0.4) is 0 Å². The SMILES string of the molecule is COc1cccc(NC(=O)CN(C)C(=O)C2CCN(C(=O)CCc3ccccc3)CC2)c1. The molecule has 0 aliphatic carbocycles. The molecule has 1 fully saturated rings. The lowest BCUT2D eigenvalue weighted by molar-refractivity contribution is -0.141. The van der Waals surface area contributed by atoms with Crippen molar-refractivity contribution < 1.29 is 19.1 Å². The molecule has 0 saturated carbocycles. The second-order valence-corrected chi connectivity index (χ2v) is 8.12. The molecule has 0 bridgehead atoms. The highest BCUT2D eigenvalue weighted by molar-refractivity contribution is 5.95. The van der Waals surface area contributed by atoms with Crippen molar-refractivity contribution in [1.82, 2.24) is 9.80 Å². The number of ether oxygens (including phenoxy) is 1. The van der Waals surface area contributed by atoms with Crippen LogP contribution in [0.25, 0.3) is 0 Å². The van der Waals surface area contributed by atoms with Gasteiger partial charge in [-0.15, -0.1) is 0 Å². The number of piperidine rings is 1. The molecular weight excluding hydrogens is 406 g/mol. The first-order chi connectivity index (χ1) is 15.5. The maximum absolute atomic E-state index is 12.8. The van der Waals surface area contributed by atoms with E-state index in [1.807, 2.05) is 35.2 Å². The third-order valence-electron chi connectivity index (χ3n) is 5.78. The maximum atomic E-state index is 12.8. The topological polar surface area (TPSA) is 79.0 Å². The van der Waals surface area contributed by atoms with Gasteiger partial charge in [0.25, 0.3) is 0 Å². The van der Waals surface area contributed by atoms with Gasteiger partial charge in [0.15, 0.2) is 0 Å². The Morgan fingerprint density at radius 3 is 2.47 bits per heavy atom. The summed E-state index contributed by atoms with van der Waals surface area (Å²) < 4.78 is 5.15. The molecule has 0 aromatic heterocycles. The standard InChI is InChI=1S/C25H31N3O4/c1-27(18-23(29)26-21-9-6-10-22(17-21)32-2)25(31)20-13-15-28(16-14-20)24(30)12-11-19-7-4-3-5-8-19/h3-10,17,20H,11-16,18H2,1-2H3,(H,26,29). The van der Waals surface area contributed by atoms with Crippen LogP contribution >= 0.6 is 0 Å². The molecule has 3 rings (SSSR count). The number of amides is 3. The summed E-state index contributed by atoms with van der Waals surface area (Å²) in [5.74, 6) is 0.302. The number of benzene rings is 2. The molecular formula is C25H31N3O4. The number of methoxy groups -OCH3 is 1. The highest BCUT2D eigenvalue weighted by atomic mass is 16.5. The number of hydrogen-bond donors (Lipinski definition) is 1. The molecule has 1 aliphatic rings. The van der Waals surface area contributed by atoms with Crippen molar-refractivity contribution in [3.8, 4) is 5.75 Å². The van der Waals surface area contributed by atoms with Crippen molar-refractivity contribution in [3.05, 3.63) is 60.2 Å². The maximum Gasteiger partial charge on any atom is 0.243 e. The number of likely N-dealkylation sites (tertiary alicyclic amines) is 1. The van der Waals surface area contributed by atoms with Gasteiger partial charge in [-0.3, -0.25) is 14.4 Å². The zero-order chi connectivity index (χ0) is 22.9. The van der Waals surface area contributed by atoms with Crippen LogP contribution in [0, 0.1) is 5.92 Å². The normalized spacial score (nSPS) is 14.0. The van der Waals surface area contributed by atoms with Crippen LogP contribution in [0.2, 0.25) is 0 Å². The second kappa shape index (κ2) is 11.3. The summed E-state index contributed by atoms with van der Waals surface area (Å²) in [4.78, 5) is 41.0. The van der Waals surface area contributed by atoms with E-state index in [1.165, 1.54) is 4.90 Å².